The van der Waals surface area contributed by atoms with E-state index in [0.29, 0.717) is 16.4 Å². The molecule has 2 rings (SSSR count). The Morgan fingerprint density at radius 3 is 2.73 bits per heavy atom. The Balaban J connectivity index is 2.55. The van der Waals surface area contributed by atoms with Crippen molar-refractivity contribution >= 4 is 22.2 Å². The smallest absolute Gasteiger partial charge is 0.171 e. The zero-order valence-electron chi connectivity index (χ0n) is 7.52. The highest BCUT2D eigenvalue weighted by Gasteiger charge is 2.09. The molecule has 15 heavy (non-hydrogen) atoms. The van der Waals surface area contributed by atoms with Gasteiger partial charge in [0.1, 0.15) is 17.2 Å². The van der Waals surface area contributed by atoms with E-state index in [2.05, 4.69) is 21.0 Å². The van der Waals surface area contributed by atoms with Crippen LogP contribution >= 0.6 is 15.9 Å². The summed E-state index contributed by atoms with van der Waals surface area (Å²) in [6, 6.07) is 6.22. The molecule has 0 amide bonds. The Morgan fingerprint density at radius 2 is 2.13 bits per heavy atom. The molecule has 0 aliphatic heterocycles. The summed E-state index contributed by atoms with van der Waals surface area (Å²) < 4.78 is 15.2. The molecule has 76 valence electrons. The number of para-hydroxylation sites is 1. The van der Waals surface area contributed by atoms with Crippen LogP contribution in [0.3, 0.4) is 0 Å². The number of carbonyl (C=O) groups is 1. The van der Waals surface area contributed by atoms with Gasteiger partial charge in [-0.2, -0.15) is 5.10 Å². The molecular formula is C10H6BrFN2O. The van der Waals surface area contributed by atoms with Crippen molar-refractivity contribution in [2.45, 2.75) is 0 Å². The van der Waals surface area contributed by atoms with Crippen molar-refractivity contribution in [3.8, 4) is 5.69 Å². The molecule has 0 saturated carbocycles. The lowest BCUT2D eigenvalue weighted by Crippen LogP contribution is -1.98. The number of nitrogens with zero attached hydrogens (tertiary/aromatic N) is 2. The highest BCUT2D eigenvalue weighted by Crippen LogP contribution is 2.18. The first kappa shape index (κ1) is 10.0. The van der Waals surface area contributed by atoms with Crippen molar-refractivity contribution in [1.29, 1.82) is 0 Å². The average Bonchev–Trinajstić information content (AvgIpc) is 2.60. The van der Waals surface area contributed by atoms with E-state index in [0.717, 1.165) is 0 Å². The molecule has 2 aromatic rings. The van der Waals surface area contributed by atoms with Crippen molar-refractivity contribution in [3.05, 3.63) is 46.4 Å². The molecule has 0 aliphatic rings. The predicted molar refractivity (Wildman–Crippen MR) is 56.6 cm³/mol. The van der Waals surface area contributed by atoms with Gasteiger partial charge in [0, 0.05) is 6.20 Å². The molecule has 0 aliphatic carbocycles. The fourth-order valence-electron chi connectivity index (χ4n) is 1.21. The minimum Gasteiger partial charge on any atom is -0.296 e. The van der Waals surface area contributed by atoms with E-state index in [1.165, 1.54) is 10.7 Å². The summed E-state index contributed by atoms with van der Waals surface area (Å²) in [5, 5.41) is 3.92. The highest BCUT2D eigenvalue weighted by molar-refractivity contribution is 9.10. The van der Waals surface area contributed by atoms with Crippen LogP contribution in [0, 0.1) is 5.82 Å². The number of aldehydes is 1. The first-order valence-electron chi connectivity index (χ1n) is 4.17. The van der Waals surface area contributed by atoms with Gasteiger partial charge in [-0.15, -0.1) is 0 Å². The van der Waals surface area contributed by atoms with E-state index in [1.807, 2.05) is 0 Å². The predicted octanol–water partition coefficient (Wildman–Crippen LogP) is 2.59. The molecule has 0 bridgehead atoms. The Labute approximate surface area is 93.7 Å². The summed E-state index contributed by atoms with van der Waals surface area (Å²) in [6.45, 7) is 0. The Morgan fingerprint density at radius 1 is 1.40 bits per heavy atom. The lowest BCUT2D eigenvalue weighted by atomic mass is 10.3. The third-order valence-corrected chi connectivity index (χ3v) is 2.52. The standard InChI is InChI=1S/C10H6BrFN2O/c11-7-5-14(13-9(7)6-15)10-4-2-1-3-8(10)12/h1-6H. The van der Waals surface area contributed by atoms with Gasteiger partial charge in [0.05, 0.1) is 4.47 Å². The van der Waals surface area contributed by atoms with Crippen molar-refractivity contribution in [1.82, 2.24) is 9.78 Å². The molecule has 0 fully saturated rings. The average molecular weight is 269 g/mol. The molecule has 1 aromatic carbocycles. The van der Waals surface area contributed by atoms with Gasteiger partial charge in [0.25, 0.3) is 0 Å². The zero-order chi connectivity index (χ0) is 10.8. The van der Waals surface area contributed by atoms with E-state index in [9.17, 15) is 9.18 Å². The van der Waals surface area contributed by atoms with E-state index in [-0.39, 0.29) is 11.5 Å². The van der Waals surface area contributed by atoms with Gasteiger partial charge in [-0.1, -0.05) is 12.1 Å². The molecule has 0 radical (unpaired) electrons. The molecule has 1 heterocycles. The van der Waals surface area contributed by atoms with Crippen LogP contribution in [-0.2, 0) is 0 Å². The van der Waals surface area contributed by atoms with Crippen LogP contribution in [0.15, 0.2) is 34.9 Å². The van der Waals surface area contributed by atoms with Gasteiger partial charge in [0.2, 0.25) is 0 Å². The topological polar surface area (TPSA) is 34.9 Å². The largest absolute Gasteiger partial charge is 0.296 e. The molecule has 0 N–H and O–H groups in total. The van der Waals surface area contributed by atoms with Crippen molar-refractivity contribution in [2.75, 3.05) is 0 Å². The van der Waals surface area contributed by atoms with Gasteiger partial charge in [-0.3, -0.25) is 4.79 Å². The summed E-state index contributed by atoms with van der Waals surface area (Å²) in [4.78, 5) is 10.6. The summed E-state index contributed by atoms with van der Waals surface area (Å²) >= 11 is 3.16. The molecule has 0 saturated heterocycles. The second-order valence-electron chi connectivity index (χ2n) is 2.88. The fourth-order valence-corrected chi connectivity index (χ4v) is 1.57. The van der Waals surface area contributed by atoms with Crippen LogP contribution in [0.4, 0.5) is 4.39 Å². The van der Waals surface area contributed by atoms with Gasteiger partial charge in [-0.25, -0.2) is 9.07 Å². The van der Waals surface area contributed by atoms with Crippen LogP contribution in [0.2, 0.25) is 0 Å². The molecule has 3 nitrogen and oxygen atoms in total. The lowest BCUT2D eigenvalue weighted by molar-refractivity contribution is 0.111. The first-order valence-corrected chi connectivity index (χ1v) is 4.97. The number of rotatable bonds is 2. The van der Waals surface area contributed by atoms with Gasteiger partial charge >= 0.3 is 0 Å². The molecule has 0 atom stereocenters. The summed E-state index contributed by atoms with van der Waals surface area (Å²) in [6.07, 6.45) is 2.16. The molecule has 0 unspecified atom stereocenters. The second kappa shape index (κ2) is 3.94. The van der Waals surface area contributed by atoms with Gasteiger partial charge in [-0.05, 0) is 28.1 Å². The summed E-state index contributed by atoms with van der Waals surface area (Å²) in [5.41, 5.74) is 0.560. The number of hydrogen-bond donors (Lipinski definition) is 0. The number of benzene rings is 1. The number of hydrogen-bond acceptors (Lipinski definition) is 2. The van der Waals surface area contributed by atoms with Gasteiger partial charge in [0.15, 0.2) is 6.29 Å². The molecule has 5 heteroatoms. The molecule has 0 spiro atoms. The monoisotopic (exact) mass is 268 g/mol. The third kappa shape index (κ3) is 1.83. The van der Waals surface area contributed by atoms with E-state index < -0.39 is 0 Å². The Kier molecular flexibility index (Phi) is 2.64. The number of halogens is 2. The summed E-state index contributed by atoms with van der Waals surface area (Å²) in [7, 11) is 0. The lowest BCUT2D eigenvalue weighted by Gasteiger charge is -2.00. The SMILES string of the molecule is O=Cc1nn(-c2ccccc2F)cc1Br. The maximum Gasteiger partial charge on any atom is 0.171 e. The maximum absolute atomic E-state index is 13.4. The number of carbonyl (C=O) groups excluding carboxylic acids is 1. The highest BCUT2D eigenvalue weighted by atomic mass is 79.9. The second-order valence-corrected chi connectivity index (χ2v) is 3.73. The van der Waals surface area contributed by atoms with Crippen LogP contribution in [0.25, 0.3) is 5.69 Å². The van der Waals surface area contributed by atoms with Gasteiger partial charge < -0.3 is 0 Å². The third-order valence-electron chi connectivity index (χ3n) is 1.91. The first-order chi connectivity index (χ1) is 7.22. The zero-order valence-corrected chi connectivity index (χ0v) is 9.11. The van der Waals surface area contributed by atoms with Crippen LogP contribution in [-0.4, -0.2) is 16.1 Å². The van der Waals surface area contributed by atoms with Crippen molar-refractivity contribution < 1.29 is 9.18 Å². The fraction of sp³-hybridized carbons (Fsp3) is 0. The van der Waals surface area contributed by atoms with Crippen LogP contribution in [0.1, 0.15) is 10.5 Å². The van der Waals surface area contributed by atoms with Crippen LogP contribution < -0.4 is 0 Å². The van der Waals surface area contributed by atoms with Crippen LogP contribution in [0.5, 0.6) is 0 Å². The Hall–Kier alpha value is -1.49. The molecule has 1 aromatic heterocycles. The van der Waals surface area contributed by atoms with E-state index in [4.69, 9.17) is 0 Å². The normalized spacial score (nSPS) is 10.3. The van der Waals surface area contributed by atoms with E-state index in [1.54, 1.807) is 24.4 Å². The minimum absolute atomic E-state index is 0.248. The number of aromatic nitrogens is 2. The van der Waals surface area contributed by atoms with Crippen molar-refractivity contribution in [3.63, 3.8) is 0 Å². The minimum atomic E-state index is -0.384. The maximum atomic E-state index is 13.4. The van der Waals surface area contributed by atoms with Crippen molar-refractivity contribution in [2.24, 2.45) is 0 Å². The van der Waals surface area contributed by atoms with E-state index >= 15 is 0 Å². The quantitative estimate of drug-likeness (QED) is 0.785. The summed E-state index contributed by atoms with van der Waals surface area (Å²) in [5.74, 6) is -0.384. The Bertz CT molecular complexity index is 510. The molecular weight excluding hydrogens is 263 g/mol.